The molecule has 0 unspecified atom stereocenters. The maximum atomic E-state index is 8.80. The molecule has 0 bridgehead atoms. The molecule has 0 aromatic carbocycles. The molecule has 267 valence electrons. The van der Waals surface area contributed by atoms with Gasteiger partial charge in [-0.3, -0.25) is 81.7 Å². The topological polar surface area (TPSA) is 239 Å². The van der Waals surface area contributed by atoms with Crippen LogP contribution in [0.15, 0.2) is 0 Å². The van der Waals surface area contributed by atoms with Crippen LogP contribution in [0.25, 0.3) is 0 Å². The van der Waals surface area contributed by atoms with Gasteiger partial charge >= 0.3 is 62.9 Å². The molecule has 0 fully saturated rings. The zero-order chi connectivity index (χ0) is 35.5. The van der Waals surface area contributed by atoms with Gasteiger partial charge in [-0.1, -0.05) is 0 Å². The molecule has 0 atom stereocenters. The van der Waals surface area contributed by atoms with Crippen LogP contribution >= 0.6 is 45.6 Å². The summed E-state index contributed by atoms with van der Waals surface area (Å²) in [6.45, 7) is 9.13. The van der Waals surface area contributed by atoms with Crippen molar-refractivity contribution in [1.29, 1.82) is 0 Å². The van der Waals surface area contributed by atoms with Crippen LogP contribution in [-0.2, 0) is 71.6 Å². The summed E-state index contributed by atoms with van der Waals surface area (Å²) in [4.78, 5) is 0. The monoisotopic (exact) mass is 802 g/mol. The van der Waals surface area contributed by atoms with E-state index in [-0.39, 0.29) is 17.4 Å². The van der Waals surface area contributed by atoms with E-state index in [1.807, 2.05) is 0 Å². The molecule has 6 N–H and O–H groups in total. The van der Waals surface area contributed by atoms with Crippen LogP contribution in [0, 0.1) is 0 Å². The summed E-state index contributed by atoms with van der Waals surface area (Å²) in [6.07, 6.45) is 0. The van der Waals surface area contributed by atoms with Crippen LogP contribution < -0.4 is 0 Å². The molecule has 0 amide bonds. The second-order valence-corrected chi connectivity index (χ2v) is 21.0. The summed E-state index contributed by atoms with van der Waals surface area (Å²) in [5, 5.41) is 0. The molecule has 0 spiro atoms. The maximum Gasteiger partial charge on any atom is 3.00 e. The minimum Gasteiger partial charge on any atom is -0.271 e. The van der Waals surface area contributed by atoms with E-state index in [1.165, 1.54) is 125 Å². The Morgan fingerprint density at radius 2 is 0.279 bits per heavy atom. The Balaban J connectivity index is -0.0000000720. The van der Waals surface area contributed by atoms with Gasteiger partial charge < -0.3 is 0 Å². The molecule has 0 aliphatic carbocycles. The van der Waals surface area contributed by atoms with Crippen LogP contribution in [0.3, 0.4) is 0 Å². The summed E-state index contributed by atoms with van der Waals surface area (Å²) in [6, 6.07) is 0. The first-order chi connectivity index (χ1) is 18.7. The first kappa shape index (κ1) is 59.8. The van der Waals surface area contributed by atoms with Gasteiger partial charge in [0.1, 0.15) is 0 Å². The SMILES string of the molecule is COP(C)(=[OH+])OC.COP(C)(=[OH+])OC.COP(C)(=[OH+])OC.COP(C)(=[OH+])OC.COP(C)(=[OH+])OC.COP(C)(=[OH+])OC.[Cr+3]. The Morgan fingerprint density at radius 3 is 0.279 bits per heavy atom. The molecule has 43 heavy (non-hydrogen) atoms. The Morgan fingerprint density at radius 1 is 0.233 bits per heavy atom. The van der Waals surface area contributed by atoms with Gasteiger partial charge in [0.15, 0.2) is 0 Å². The minimum atomic E-state index is -2.40. The van der Waals surface area contributed by atoms with Crippen molar-refractivity contribution in [2.75, 3.05) is 125 Å². The van der Waals surface area contributed by atoms with Gasteiger partial charge in [-0.25, -0.2) is 0 Å². The van der Waals surface area contributed by atoms with Crippen LogP contribution in [0.4, 0.5) is 0 Å². The molecule has 18 nitrogen and oxygen atoms in total. The second-order valence-electron chi connectivity index (χ2n) is 7.01. The van der Waals surface area contributed by atoms with E-state index in [1.54, 1.807) is 0 Å². The maximum absolute atomic E-state index is 8.80. The molecule has 0 saturated heterocycles. The molecule has 0 aliphatic rings. The molecule has 0 aromatic rings. The molecule has 0 rings (SSSR count). The molecule has 0 aliphatic heterocycles. The average molecular weight is 803 g/mol. The van der Waals surface area contributed by atoms with Crippen LogP contribution in [-0.4, -0.2) is 153 Å². The second kappa shape index (κ2) is 32.0. The van der Waals surface area contributed by atoms with Crippen LogP contribution in [0.2, 0.25) is 0 Å². The molecule has 0 heterocycles. The van der Waals surface area contributed by atoms with Crippen molar-refractivity contribution < 1.29 is 99.0 Å². The van der Waals surface area contributed by atoms with Crippen molar-refractivity contribution in [3.63, 3.8) is 0 Å². The summed E-state index contributed by atoms with van der Waals surface area (Å²) in [5.74, 6) is 0. The normalized spacial score (nSPS) is 11.6. The number of hydrogen-bond donors (Lipinski definition) is 0. The van der Waals surface area contributed by atoms with Crippen molar-refractivity contribution in [3.05, 3.63) is 0 Å². The van der Waals surface area contributed by atoms with E-state index in [0.717, 1.165) is 0 Å². The zero-order valence-corrected chi connectivity index (χ0v) is 35.3. The molecule has 0 saturated carbocycles. The first-order valence-corrected chi connectivity index (χ1v) is 23.1. The third-order valence-corrected chi connectivity index (χ3v) is 12.2. The van der Waals surface area contributed by atoms with Crippen molar-refractivity contribution in [2.24, 2.45) is 0 Å². The van der Waals surface area contributed by atoms with Gasteiger partial charge in [-0.2, -0.15) is 0 Å². The Hall–Kier alpha value is 1.43. The fourth-order valence-electron chi connectivity index (χ4n) is 0.447. The summed E-state index contributed by atoms with van der Waals surface area (Å²) < 4.78 is 107. The van der Waals surface area contributed by atoms with Gasteiger partial charge in [0.25, 0.3) is 0 Å². The summed E-state index contributed by atoms with van der Waals surface area (Å²) >= 11 is 0. The van der Waals surface area contributed by atoms with Crippen molar-refractivity contribution in [3.8, 4) is 0 Å². The molecular weight excluding hydrogens is 742 g/mol. The number of rotatable bonds is 12. The predicted octanol–water partition coefficient (Wildman–Crippen LogP) is 6.26. The van der Waals surface area contributed by atoms with E-state index in [2.05, 4.69) is 54.3 Å². The fourth-order valence-corrected chi connectivity index (χ4v) is 1.34. The third-order valence-electron chi connectivity index (χ3n) is 4.07. The molecule has 0 aromatic heterocycles. The van der Waals surface area contributed by atoms with Crippen molar-refractivity contribution >= 4 is 45.6 Å². The Labute approximate surface area is 269 Å². The van der Waals surface area contributed by atoms with Crippen molar-refractivity contribution in [1.82, 2.24) is 0 Å². The Bertz CT molecular complexity index is 686. The number of hydrogen-bond acceptors (Lipinski definition) is 12. The third kappa shape index (κ3) is 53.2. The van der Waals surface area contributed by atoms with Crippen molar-refractivity contribution in [2.45, 2.75) is 0 Å². The molecular formula is C18H60CrO18P6+9. The molecule has 25 heteroatoms. The average Bonchev–Trinajstić information content (AvgIpc) is 2.98. The predicted molar refractivity (Wildman–Crippen MR) is 173 cm³/mol. The van der Waals surface area contributed by atoms with Crippen LogP contribution in [0.1, 0.15) is 0 Å². The minimum absolute atomic E-state index is 0. The zero-order valence-electron chi connectivity index (χ0n) is 28.7. The van der Waals surface area contributed by atoms with Gasteiger partial charge in [-0.05, 0) is 0 Å². The van der Waals surface area contributed by atoms with Crippen LogP contribution in [0.5, 0.6) is 0 Å². The van der Waals surface area contributed by atoms with Gasteiger partial charge in [0, 0.05) is 0 Å². The van der Waals surface area contributed by atoms with E-state index < -0.39 is 45.6 Å². The quantitative estimate of drug-likeness (QED) is 0.157. The van der Waals surface area contributed by atoms with Gasteiger partial charge in [0.05, 0.1) is 125 Å². The largest absolute Gasteiger partial charge is 3.00 e. The first-order valence-electron chi connectivity index (χ1n) is 11.0. The van der Waals surface area contributed by atoms with E-state index in [9.17, 15) is 0 Å². The van der Waals surface area contributed by atoms with Gasteiger partial charge in [0.2, 0.25) is 0 Å². The van der Waals surface area contributed by atoms with E-state index >= 15 is 0 Å². The standard InChI is InChI=1S/6C3H9O3P.Cr/c6*1-5-7(3,4)6-2;/h6*1-3H3;/q;;;;;;+3/p+6. The smallest absolute Gasteiger partial charge is 0.271 e. The van der Waals surface area contributed by atoms with Gasteiger partial charge in [-0.15, -0.1) is 0 Å². The summed E-state index contributed by atoms with van der Waals surface area (Å²) in [5.41, 5.74) is 0. The summed E-state index contributed by atoms with van der Waals surface area (Å²) in [7, 11) is 2.54. The molecule has 1 radical (unpaired) electrons. The fraction of sp³-hybridized carbons (Fsp3) is 1.00. The van der Waals surface area contributed by atoms with E-state index in [4.69, 9.17) is 27.4 Å². The van der Waals surface area contributed by atoms with E-state index in [0.29, 0.717) is 0 Å². The Kier molecular flexibility index (Phi) is 44.5.